The first-order chi connectivity index (χ1) is 6.34. The maximum absolute atomic E-state index is 13.1. The van der Waals surface area contributed by atoms with Crippen LogP contribution < -0.4 is 5.73 Å². The Morgan fingerprint density at radius 2 is 1.86 bits per heavy atom. The van der Waals surface area contributed by atoms with Gasteiger partial charge in [-0.05, 0) is 19.1 Å². The number of alkyl halides is 3. The van der Waals surface area contributed by atoms with Crippen LogP contribution in [0.2, 0.25) is 0 Å². The second-order valence-electron chi connectivity index (χ2n) is 2.99. The van der Waals surface area contributed by atoms with E-state index >= 15 is 0 Å². The number of nitrogens with two attached hydrogens (primary N) is 1. The van der Waals surface area contributed by atoms with Gasteiger partial charge in [0.2, 0.25) is 0 Å². The van der Waals surface area contributed by atoms with E-state index in [0.29, 0.717) is 0 Å². The summed E-state index contributed by atoms with van der Waals surface area (Å²) >= 11 is 0. The molecular weight excluding hydrogens is 198 g/mol. The van der Waals surface area contributed by atoms with Gasteiger partial charge in [0.15, 0.2) is 0 Å². The third-order valence-electron chi connectivity index (χ3n) is 1.81. The molecule has 0 aliphatic carbocycles. The standard InChI is InChI=1S/C9H9F4N/c1-5(14)8-6(9(11,12)13)3-2-4-7(8)10/h2-5H,14H2,1H3/t5-/m0/s1. The van der Waals surface area contributed by atoms with Gasteiger partial charge >= 0.3 is 6.18 Å². The first-order valence-electron chi connectivity index (χ1n) is 3.95. The van der Waals surface area contributed by atoms with Crippen molar-refractivity contribution in [1.29, 1.82) is 0 Å². The van der Waals surface area contributed by atoms with Gasteiger partial charge in [-0.1, -0.05) is 6.07 Å². The van der Waals surface area contributed by atoms with Gasteiger partial charge in [0, 0.05) is 11.6 Å². The Balaban J connectivity index is 3.36. The van der Waals surface area contributed by atoms with E-state index in [9.17, 15) is 17.6 Å². The second kappa shape index (κ2) is 3.57. The highest BCUT2D eigenvalue weighted by Gasteiger charge is 2.35. The molecule has 0 aromatic heterocycles. The van der Waals surface area contributed by atoms with E-state index in [1.165, 1.54) is 6.92 Å². The van der Waals surface area contributed by atoms with Crippen molar-refractivity contribution in [2.24, 2.45) is 5.73 Å². The summed E-state index contributed by atoms with van der Waals surface area (Å²) in [4.78, 5) is 0. The first kappa shape index (κ1) is 11.0. The zero-order valence-electron chi connectivity index (χ0n) is 7.40. The highest BCUT2D eigenvalue weighted by atomic mass is 19.4. The highest BCUT2D eigenvalue weighted by Crippen LogP contribution is 2.35. The van der Waals surface area contributed by atoms with Gasteiger partial charge in [-0.25, -0.2) is 4.39 Å². The topological polar surface area (TPSA) is 26.0 Å². The van der Waals surface area contributed by atoms with Crippen LogP contribution in [0.3, 0.4) is 0 Å². The predicted molar refractivity (Wildman–Crippen MR) is 44.0 cm³/mol. The van der Waals surface area contributed by atoms with Crippen molar-refractivity contribution in [2.75, 3.05) is 0 Å². The Hall–Kier alpha value is -1.10. The van der Waals surface area contributed by atoms with Gasteiger partial charge in [-0.15, -0.1) is 0 Å². The summed E-state index contributed by atoms with van der Waals surface area (Å²) in [5, 5.41) is 0. The molecule has 0 bridgehead atoms. The van der Waals surface area contributed by atoms with Gasteiger partial charge < -0.3 is 5.73 Å². The molecule has 0 heterocycles. The smallest absolute Gasteiger partial charge is 0.324 e. The normalized spacial score (nSPS) is 14.1. The summed E-state index contributed by atoms with van der Waals surface area (Å²) in [5.74, 6) is -0.921. The number of hydrogen-bond donors (Lipinski definition) is 1. The maximum atomic E-state index is 13.1. The van der Waals surface area contributed by atoms with Crippen molar-refractivity contribution >= 4 is 0 Å². The molecule has 0 radical (unpaired) electrons. The average Bonchev–Trinajstić information content (AvgIpc) is 2.01. The van der Waals surface area contributed by atoms with Crippen LogP contribution in [0.1, 0.15) is 24.1 Å². The molecule has 2 N–H and O–H groups in total. The molecule has 1 aromatic rings. The van der Waals surface area contributed by atoms with Crippen LogP contribution >= 0.6 is 0 Å². The van der Waals surface area contributed by atoms with E-state index in [1.807, 2.05) is 0 Å². The van der Waals surface area contributed by atoms with E-state index < -0.39 is 29.2 Å². The Labute approximate surface area is 78.5 Å². The predicted octanol–water partition coefficient (Wildman–Crippen LogP) is 2.86. The monoisotopic (exact) mass is 207 g/mol. The Bertz CT molecular complexity index is 330. The van der Waals surface area contributed by atoms with E-state index in [-0.39, 0.29) is 0 Å². The van der Waals surface area contributed by atoms with Gasteiger partial charge in [-0.3, -0.25) is 0 Å². The SMILES string of the molecule is C[C@H](N)c1c(F)cccc1C(F)(F)F. The average molecular weight is 207 g/mol. The van der Waals surface area contributed by atoms with Crippen molar-refractivity contribution in [3.8, 4) is 0 Å². The quantitative estimate of drug-likeness (QED) is 0.704. The zero-order valence-corrected chi connectivity index (χ0v) is 7.40. The molecule has 14 heavy (non-hydrogen) atoms. The maximum Gasteiger partial charge on any atom is 0.416 e. The largest absolute Gasteiger partial charge is 0.416 e. The minimum Gasteiger partial charge on any atom is -0.324 e. The van der Waals surface area contributed by atoms with E-state index in [4.69, 9.17) is 5.73 Å². The van der Waals surface area contributed by atoms with Crippen molar-refractivity contribution in [3.05, 3.63) is 35.1 Å². The lowest BCUT2D eigenvalue weighted by Crippen LogP contribution is -2.16. The highest BCUT2D eigenvalue weighted by molar-refractivity contribution is 5.33. The molecule has 1 nitrogen and oxygen atoms in total. The number of rotatable bonds is 1. The molecule has 5 heteroatoms. The molecule has 1 atom stereocenters. The van der Waals surface area contributed by atoms with E-state index in [2.05, 4.69) is 0 Å². The van der Waals surface area contributed by atoms with Crippen LogP contribution in [0, 0.1) is 5.82 Å². The molecule has 0 unspecified atom stereocenters. The number of halogens is 4. The second-order valence-corrected chi connectivity index (χ2v) is 2.99. The molecule has 0 amide bonds. The minimum absolute atomic E-state index is 0.486. The number of benzene rings is 1. The Kier molecular flexibility index (Phi) is 2.80. The van der Waals surface area contributed by atoms with Crippen LogP contribution in [0.5, 0.6) is 0 Å². The molecule has 0 saturated carbocycles. The van der Waals surface area contributed by atoms with Crippen LogP contribution in [-0.4, -0.2) is 0 Å². The third kappa shape index (κ3) is 2.04. The molecule has 1 rings (SSSR count). The lowest BCUT2D eigenvalue weighted by molar-refractivity contribution is -0.138. The van der Waals surface area contributed by atoms with Gasteiger partial charge in [0.1, 0.15) is 5.82 Å². The summed E-state index contributed by atoms with van der Waals surface area (Å²) in [7, 11) is 0. The van der Waals surface area contributed by atoms with Crippen molar-refractivity contribution in [3.63, 3.8) is 0 Å². The summed E-state index contributed by atoms with van der Waals surface area (Å²) in [6.45, 7) is 1.31. The van der Waals surface area contributed by atoms with Crippen LogP contribution in [0.15, 0.2) is 18.2 Å². The third-order valence-corrected chi connectivity index (χ3v) is 1.81. The fourth-order valence-corrected chi connectivity index (χ4v) is 1.25. The van der Waals surface area contributed by atoms with Crippen molar-refractivity contribution in [1.82, 2.24) is 0 Å². The van der Waals surface area contributed by atoms with E-state index in [0.717, 1.165) is 18.2 Å². The molecule has 1 aromatic carbocycles. The first-order valence-corrected chi connectivity index (χ1v) is 3.95. The fraction of sp³-hybridized carbons (Fsp3) is 0.333. The number of hydrogen-bond acceptors (Lipinski definition) is 1. The Morgan fingerprint density at radius 3 is 2.21 bits per heavy atom. The molecule has 78 valence electrons. The van der Waals surface area contributed by atoms with Gasteiger partial charge in [-0.2, -0.15) is 13.2 Å². The minimum atomic E-state index is -4.56. The molecular formula is C9H9F4N. The lowest BCUT2D eigenvalue weighted by Gasteiger charge is -2.15. The van der Waals surface area contributed by atoms with E-state index in [1.54, 1.807) is 0 Å². The summed E-state index contributed by atoms with van der Waals surface area (Å²) in [5.41, 5.74) is 3.78. The Morgan fingerprint density at radius 1 is 1.29 bits per heavy atom. The summed E-state index contributed by atoms with van der Waals surface area (Å²) < 4.78 is 50.2. The van der Waals surface area contributed by atoms with Gasteiger partial charge in [0.25, 0.3) is 0 Å². The molecule has 0 spiro atoms. The van der Waals surface area contributed by atoms with Crippen LogP contribution in [0.4, 0.5) is 17.6 Å². The molecule has 0 aliphatic heterocycles. The zero-order chi connectivity index (χ0) is 10.9. The summed E-state index contributed by atoms with van der Waals surface area (Å²) in [6.07, 6.45) is -4.56. The van der Waals surface area contributed by atoms with Crippen LogP contribution in [0.25, 0.3) is 0 Å². The summed E-state index contributed by atoms with van der Waals surface area (Å²) in [6, 6.07) is 1.83. The molecule has 0 aliphatic rings. The van der Waals surface area contributed by atoms with Crippen LogP contribution in [-0.2, 0) is 6.18 Å². The van der Waals surface area contributed by atoms with Crippen molar-refractivity contribution in [2.45, 2.75) is 19.1 Å². The fourth-order valence-electron chi connectivity index (χ4n) is 1.25. The molecule has 0 fully saturated rings. The lowest BCUT2D eigenvalue weighted by atomic mass is 10.0. The van der Waals surface area contributed by atoms with Crippen molar-refractivity contribution < 1.29 is 17.6 Å². The van der Waals surface area contributed by atoms with Gasteiger partial charge in [0.05, 0.1) is 5.56 Å². The molecule has 0 saturated heterocycles.